The van der Waals surface area contributed by atoms with E-state index >= 15 is 0 Å². The zero-order chi connectivity index (χ0) is 18.1. The number of aromatic nitrogens is 1. The third-order valence-corrected chi connectivity index (χ3v) is 5.49. The van der Waals surface area contributed by atoms with Gasteiger partial charge in [-0.2, -0.15) is 0 Å². The van der Waals surface area contributed by atoms with Gasteiger partial charge in [-0.15, -0.1) is 0 Å². The van der Waals surface area contributed by atoms with Gasteiger partial charge in [-0.1, -0.05) is 29.8 Å². The third kappa shape index (κ3) is 3.52. The van der Waals surface area contributed by atoms with E-state index in [2.05, 4.69) is 20.8 Å². The molecule has 0 aliphatic heterocycles. The number of halogens is 2. The number of nitrogens with zero attached hydrogens (tertiary/aromatic N) is 2. The molecule has 0 unspecified atom stereocenters. The Morgan fingerprint density at radius 1 is 1.20 bits per heavy atom. The minimum atomic E-state index is -0.0565. The largest absolute Gasteiger partial charge is 0.309 e. The van der Waals surface area contributed by atoms with E-state index in [0.717, 1.165) is 39.5 Å². The maximum atomic E-state index is 13.2. The fourth-order valence-electron chi connectivity index (χ4n) is 3.00. The van der Waals surface area contributed by atoms with Gasteiger partial charge in [-0.3, -0.25) is 9.36 Å². The van der Waals surface area contributed by atoms with Gasteiger partial charge in [0.15, 0.2) is 0 Å². The first-order chi connectivity index (χ1) is 11.9. The van der Waals surface area contributed by atoms with Gasteiger partial charge in [-0.05, 0) is 72.7 Å². The summed E-state index contributed by atoms with van der Waals surface area (Å²) in [7, 11) is 4.10. The maximum Gasteiger partial charge on any atom is 0.263 e. The van der Waals surface area contributed by atoms with Crippen LogP contribution in [0.3, 0.4) is 0 Å². The number of carbonyl (C=O) groups excluding carboxylic acids is 1. The first kappa shape index (κ1) is 18.2. The van der Waals surface area contributed by atoms with E-state index in [4.69, 9.17) is 11.6 Å². The van der Waals surface area contributed by atoms with Gasteiger partial charge in [0.2, 0.25) is 0 Å². The Bertz CT molecular complexity index is 946. The van der Waals surface area contributed by atoms with E-state index in [1.807, 2.05) is 63.6 Å². The van der Waals surface area contributed by atoms with Crippen molar-refractivity contribution in [3.63, 3.8) is 0 Å². The molecule has 0 fully saturated rings. The van der Waals surface area contributed by atoms with Crippen LogP contribution in [0.2, 0.25) is 5.02 Å². The molecule has 0 N–H and O–H groups in total. The molecule has 0 atom stereocenters. The smallest absolute Gasteiger partial charge is 0.263 e. The molecule has 0 amide bonds. The molecule has 1 aromatic heterocycles. The average molecular weight is 420 g/mol. The van der Waals surface area contributed by atoms with Crippen molar-refractivity contribution in [2.45, 2.75) is 13.3 Å². The highest BCUT2D eigenvalue weighted by Crippen LogP contribution is 2.31. The van der Waals surface area contributed by atoms with Crippen molar-refractivity contribution < 1.29 is 4.79 Å². The first-order valence-corrected chi connectivity index (χ1v) is 9.30. The fourth-order valence-corrected chi connectivity index (χ4v) is 3.61. The molecule has 0 aliphatic carbocycles. The van der Waals surface area contributed by atoms with Crippen molar-refractivity contribution in [2.24, 2.45) is 0 Å². The van der Waals surface area contributed by atoms with Gasteiger partial charge < -0.3 is 4.90 Å². The van der Waals surface area contributed by atoms with Crippen molar-refractivity contribution in [1.82, 2.24) is 9.47 Å². The van der Waals surface area contributed by atoms with Crippen LogP contribution in [-0.2, 0) is 6.42 Å². The summed E-state index contributed by atoms with van der Waals surface area (Å²) in [6.45, 7) is 2.88. The van der Waals surface area contributed by atoms with E-state index in [0.29, 0.717) is 10.6 Å². The van der Waals surface area contributed by atoms with Crippen LogP contribution in [0, 0.1) is 6.92 Å². The lowest BCUT2D eigenvalue weighted by Gasteiger charge is -2.09. The highest BCUT2D eigenvalue weighted by atomic mass is 79.9. The molecule has 3 nitrogen and oxygen atoms in total. The van der Waals surface area contributed by atoms with Crippen molar-refractivity contribution >= 4 is 44.3 Å². The van der Waals surface area contributed by atoms with Crippen LogP contribution < -0.4 is 0 Å². The van der Waals surface area contributed by atoms with E-state index in [1.54, 1.807) is 4.57 Å². The summed E-state index contributed by atoms with van der Waals surface area (Å²) in [5, 5.41) is 1.76. The predicted octanol–water partition coefficient (Wildman–Crippen LogP) is 5.16. The molecule has 0 radical (unpaired) electrons. The molecule has 130 valence electrons. The second-order valence-corrected chi connectivity index (χ2v) is 7.69. The Morgan fingerprint density at radius 3 is 2.60 bits per heavy atom. The zero-order valence-corrected chi connectivity index (χ0v) is 16.9. The van der Waals surface area contributed by atoms with Crippen LogP contribution in [0.5, 0.6) is 0 Å². The summed E-state index contributed by atoms with van der Waals surface area (Å²) in [5.41, 5.74) is 3.61. The highest BCUT2D eigenvalue weighted by molar-refractivity contribution is 9.10. The number of rotatable bonds is 4. The predicted molar refractivity (Wildman–Crippen MR) is 108 cm³/mol. The second-order valence-electron chi connectivity index (χ2n) is 6.43. The first-order valence-electron chi connectivity index (χ1n) is 8.13. The van der Waals surface area contributed by atoms with E-state index in [9.17, 15) is 4.79 Å². The van der Waals surface area contributed by atoms with Gasteiger partial charge in [0, 0.05) is 27.6 Å². The number of carbonyl (C=O) groups is 1. The Balaban J connectivity index is 2.18. The molecule has 5 heteroatoms. The Labute approximate surface area is 161 Å². The van der Waals surface area contributed by atoms with E-state index < -0.39 is 0 Å². The molecule has 3 rings (SSSR count). The summed E-state index contributed by atoms with van der Waals surface area (Å²) >= 11 is 9.82. The lowest BCUT2D eigenvalue weighted by Crippen LogP contribution is -2.15. The molecule has 2 aromatic carbocycles. The maximum absolute atomic E-state index is 13.2. The molecule has 0 bridgehead atoms. The molecular weight excluding hydrogens is 400 g/mol. The number of likely N-dealkylation sites (N-methyl/N-ethyl adjacent to an activating group) is 1. The Hall–Kier alpha value is -1.62. The monoisotopic (exact) mass is 418 g/mol. The van der Waals surface area contributed by atoms with Crippen LogP contribution in [0.25, 0.3) is 10.9 Å². The van der Waals surface area contributed by atoms with Crippen LogP contribution in [0.1, 0.15) is 21.5 Å². The van der Waals surface area contributed by atoms with Gasteiger partial charge in [0.1, 0.15) is 0 Å². The summed E-state index contributed by atoms with van der Waals surface area (Å²) in [6, 6.07) is 11.4. The topological polar surface area (TPSA) is 25.2 Å². The highest BCUT2D eigenvalue weighted by Gasteiger charge is 2.19. The van der Waals surface area contributed by atoms with Crippen LogP contribution >= 0.6 is 27.5 Å². The molecule has 25 heavy (non-hydrogen) atoms. The lowest BCUT2D eigenvalue weighted by atomic mass is 10.1. The zero-order valence-electron chi connectivity index (χ0n) is 14.5. The second kappa shape index (κ2) is 7.32. The van der Waals surface area contributed by atoms with Gasteiger partial charge in [-0.25, -0.2) is 0 Å². The molecule has 0 spiro atoms. The molecule has 0 aliphatic rings. The fraction of sp³-hybridized carbons (Fsp3) is 0.250. The molecule has 0 saturated carbocycles. The number of benzene rings is 2. The SMILES string of the molecule is Cc1c(Cl)ccc2c(CCN(C)C)cn(C(=O)c3ccccc3Br)c12. The number of hydrogen-bond donors (Lipinski definition) is 0. The summed E-state index contributed by atoms with van der Waals surface area (Å²) < 4.78 is 2.53. The molecule has 3 aromatic rings. The summed E-state index contributed by atoms with van der Waals surface area (Å²) in [5.74, 6) is -0.0565. The van der Waals surface area contributed by atoms with Crippen molar-refractivity contribution in [3.8, 4) is 0 Å². The minimum Gasteiger partial charge on any atom is -0.309 e. The van der Waals surface area contributed by atoms with Crippen molar-refractivity contribution in [3.05, 3.63) is 68.8 Å². The average Bonchev–Trinajstić information content (AvgIpc) is 2.95. The van der Waals surface area contributed by atoms with E-state index in [-0.39, 0.29) is 5.91 Å². The van der Waals surface area contributed by atoms with Crippen LogP contribution in [-0.4, -0.2) is 36.0 Å². The Kier molecular flexibility index (Phi) is 5.32. The van der Waals surface area contributed by atoms with Gasteiger partial charge in [0.05, 0.1) is 11.1 Å². The number of fused-ring (bicyclic) bond motifs is 1. The number of aryl methyl sites for hydroxylation is 1. The van der Waals surface area contributed by atoms with E-state index in [1.165, 1.54) is 0 Å². The van der Waals surface area contributed by atoms with Crippen molar-refractivity contribution in [1.29, 1.82) is 0 Å². The summed E-state index contributed by atoms with van der Waals surface area (Å²) in [4.78, 5) is 15.3. The van der Waals surface area contributed by atoms with Gasteiger partial charge >= 0.3 is 0 Å². The summed E-state index contributed by atoms with van der Waals surface area (Å²) in [6.07, 6.45) is 2.83. The number of hydrogen-bond acceptors (Lipinski definition) is 2. The molecular formula is C20H20BrClN2O. The standard InChI is InChI=1S/C20H20BrClN2O/c1-13-18(22)9-8-15-14(10-11-23(2)3)12-24(19(13)15)20(25)16-6-4-5-7-17(16)21/h4-9,12H,10-11H2,1-3H3. The molecule has 0 saturated heterocycles. The third-order valence-electron chi connectivity index (χ3n) is 4.39. The van der Waals surface area contributed by atoms with Crippen LogP contribution in [0.4, 0.5) is 0 Å². The molecule has 1 heterocycles. The lowest BCUT2D eigenvalue weighted by molar-refractivity contribution is 0.0964. The quantitative estimate of drug-likeness (QED) is 0.584. The normalized spacial score (nSPS) is 11.4. The Morgan fingerprint density at radius 2 is 1.92 bits per heavy atom. The van der Waals surface area contributed by atoms with Gasteiger partial charge in [0.25, 0.3) is 5.91 Å². The minimum absolute atomic E-state index is 0.0565. The van der Waals surface area contributed by atoms with Crippen LogP contribution in [0.15, 0.2) is 47.1 Å². The van der Waals surface area contributed by atoms with Crippen molar-refractivity contribution in [2.75, 3.05) is 20.6 Å².